The summed E-state index contributed by atoms with van der Waals surface area (Å²) in [7, 11) is 0. The zero-order chi connectivity index (χ0) is 18.5. The van der Waals surface area contributed by atoms with Crippen molar-refractivity contribution in [2.75, 3.05) is 6.61 Å². The molecule has 0 aliphatic rings. The van der Waals surface area contributed by atoms with Crippen LogP contribution in [0.1, 0.15) is 27.8 Å². The fourth-order valence-corrected chi connectivity index (χ4v) is 3.92. The normalized spacial score (nSPS) is 10.8. The Bertz CT molecular complexity index is 961. The Morgan fingerprint density at radius 1 is 1.35 bits per heavy atom. The molecule has 0 fully saturated rings. The molecule has 0 spiro atoms. The van der Waals surface area contributed by atoms with Crippen LogP contribution in [-0.2, 0) is 17.0 Å². The number of hydrogen-bond donors (Lipinski definition) is 0. The molecule has 3 rings (SSSR count). The first-order chi connectivity index (χ1) is 12.5. The fraction of sp³-hybridized carbons (Fsp3) is 0.294. The van der Waals surface area contributed by atoms with Gasteiger partial charge in [0.05, 0.1) is 17.9 Å². The van der Waals surface area contributed by atoms with Crippen molar-refractivity contribution in [1.82, 2.24) is 14.7 Å². The molecule has 0 atom stereocenters. The molecule has 136 valence electrons. The number of rotatable bonds is 7. The van der Waals surface area contributed by atoms with Crippen LogP contribution in [-0.4, -0.2) is 27.3 Å². The van der Waals surface area contributed by atoms with E-state index in [1.165, 1.54) is 11.8 Å². The van der Waals surface area contributed by atoms with Crippen molar-refractivity contribution in [3.63, 3.8) is 0 Å². The van der Waals surface area contributed by atoms with Crippen molar-refractivity contribution >= 4 is 29.1 Å². The van der Waals surface area contributed by atoms with Gasteiger partial charge in [0.25, 0.3) is 0 Å². The van der Waals surface area contributed by atoms with E-state index in [4.69, 9.17) is 9.26 Å². The molecule has 0 aliphatic carbocycles. The Morgan fingerprint density at radius 3 is 2.85 bits per heavy atom. The Morgan fingerprint density at radius 2 is 2.15 bits per heavy atom. The minimum Gasteiger partial charge on any atom is -0.460 e. The van der Waals surface area contributed by atoms with Crippen LogP contribution in [0.25, 0.3) is 0 Å². The van der Waals surface area contributed by atoms with E-state index in [2.05, 4.69) is 10.1 Å². The SMILES string of the molecule is Cc1noc(CSc2ccccc2C(=O)OCCn2c(C)csc2=O)n1. The summed E-state index contributed by atoms with van der Waals surface area (Å²) in [5.74, 6) is 1.13. The van der Waals surface area contributed by atoms with Crippen molar-refractivity contribution in [1.29, 1.82) is 0 Å². The lowest BCUT2D eigenvalue weighted by Crippen LogP contribution is -2.19. The van der Waals surface area contributed by atoms with Gasteiger partial charge in [0.15, 0.2) is 5.82 Å². The summed E-state index contributed by atoms with van der Waals surface area (Å²) < 4.78 is 12.0. The second-order valence-corrected chi connectivity index (χ2v) is 7.29. The van der Waals surface area contributed by atoms with Crippen molar-refractivity contribution in [3.8, 4) is 0 Å². The molecule has 26 heavy (non-hydrogen) atoms. The van der Waals surface area contributed by atoms with E-state index in [9.17, 15) is 9.59 Å². The summed E-state index contributed by atoms with van der Waals surface area (Å²) >= 11 is 2.57. The Labute approximate surface area is 158 Å². The number of carbonyl (C=O) groups excluding carboxylic acids is 1. The summed E-state index contributed by atoms with van der Waals surface area (Å²) in [6, 6.07) is 7.20. The van der Waals surface area contributed by atoms with Crippen LogP contribution in [0.3, 0.4) is 0 Å². The van der Waals surface area contributed by atoms with Gasteiger partial charge in [0.1, 0.15) is 6.61 Å². The topological polar surface area (TPSA) is 87.2 Å². The van der Waals surface area contributed by atoms with Crippen LogP contribution in [0.15, 0.2) is 43.9 Å². The van der Waals surface area contributed by atoms with Crippen molar-refractivity contribution in [3.05, 3.63) is 62.3 Å². The lowest BCUT2D eigenvalue weighted by molar-refractivity contribution is 0.0486. The molecule has 1 aromatic carbocycles. The van der Waals surface area contributed by atoms with Crippen LogP contribution in [0.2, 0.25) is 0 Å². The number of aryl methyl sites for hydroxylation is 2. The maximum atomic E-state index is 12.4. The van der Waals surface area contributed by atoms with Gasteiger partial charge in [-0.15, -0.1) is 11.8 Å². The number of benzene rings is 1. The van der Waals surface area contributed by atoms with E-state index in [-0.39, 0.29) is 11.5 Å². The molecule has 0 N–H and O–H groups in total. The molecule has 3 aromatic rings. The second kappa shape index (κ2) is 8.33. The molecule has 7 nitrogen and oxygen atoms in total. The third-order valence-corrected chi connectivity index (χ3v) is 5.49. The maximum Gasteiger partial charge on any atom is 0.339 e. The monoisotopic (exact) mass is 391 g/mol. The predicted octanol–water partition coefficient (Wildman–Crippen LogP) is 3.06. The Hall–Kier alpha value is -2.39. The lowest BCUT2D eigenvalue weighted by atomic mass is 10.2. The number of thiazole rings is 1. The average Bonchev–Trinajstić information content (AvgIpc) is 3.19. The molecular formula is C17H17N3O4S2. The average molecular weight is 391 g/mol. The van der Waals surface area contributed by atoms with Gasteiger partial charge in [-0.05, 0) is 26.0 Å². The number of esters is 1. The van der Waals surface area contributed by atoms with Gasteiger partial charge >= 0.3 is 10.8 Å². The van der Waals surface area contributed by atoms with Crippen LogP contribution in [0.5, 0.6) is 0 Å². The zero-order valence-corrected chi connectivity index (χ0v) is 15.9. The van der Waals surface area contributed by atoms with Crippen LogP contribution in [0.4, 0.5) is 0 Å². The highest BCUT2D eigenvalue weighted by atomic mass is 32.2. The molecule has 0 amide bonds. The summed E-state index contributed by atoms with van der Waals surface area (Å²) in [5, 5.41) is 5.53. The van der Waals surface area contributed by atoms with Gasteiger partial charge in [0, 0.05) is 16.0 Å². The minimum atomic E-state index is -0.421. The molecule has 2 heterocycles. The van der Waals surface area contributed by atoms with Gasteiger partial charge < -0.3 is 9.26 Å². The van der Waals surface area contributed by atoms with E-state index >= 15 is 0 Å². The predicted molar refractivity (Wildman–Crippen MR) is 98.6 cm³/mol. The standard InChI is InChI=1S/C17H17N3O4S2/c1-11-9-26-17(22)20(11)7-8-23-16(21)13-5-3-4-6-14(13)25-10-15-18-12(2)19-24-15/h3-6,9H,7-8,10H2,1-2H3. The zero-order valence-electron chi connectivity index (χ0n) is 14.3. The number of hydrogen-bond acceptors (Lipinski definition) is 8. The number of ether oxygens (including phenoxy) is 1. The molecule has 0 radical (unpaired) electrons. The Balaban J connectivity index is 1.61. The molecule has 0 bridgehead atoms. The van der Waals surface area contributed by atoms with Gasteiger partial charge in [-0.25, -0.2) is 4.79 Å². The first-order valence-electron chi connectivity index (χ1n) is 7.87. The quantitative estimate of drug-likeness (QED) is 0.452. The minimum absolute atomic E-state index is 0.0515. The van der Waals surface area contributed by atoms with Crippen LogP contribution < -0.4 is 4.87 Å². The van der Waals surface area contributed by atoms with Crippen molar-refractivity contribution in [2.24, 2.45) is 0 Å². The third-order valence-electron chi connectivity index (χ3n) is 3.55. The molecule has 0 unspecified atom stereocenters. The lowest BCUT2D eigenvalue weighted by Gasteiger charge is -2.09. The summed E-state index contributed by atoms with van der Waals surface area (Å²) in [4.78, 5) is 29.0. The molecule has 9 heteroatoms. The number of nitrogens with zero attached hydrogens (tertiary/aromatic N) is 3. The van der Waals surface area contributed by atoms with Crippen LogP contribution >= 0.6 is 23.1 Å². The highest BCUT2D eigenvalue weighted by Crippen LogP contribution is 2.26. The van der Waals surface area contributed by atoms with Gasteiger partial charge in [-0.1, -0.05) is 28.6 Å². The smallest absolute Gasteiger partial charge is 0.339 e. The van der Waals surface area contributed by atoms with E-state index in [1.807, 2.05) is 19.1 Å². The third kappa shape index (κ3) is 4.41. The molecule has 0 saturated carbocycles. The number of thioether (sulfide) groups is 1. The number of aromatic nitrogens is 3. The van der Waals surface area contributed by atoms with Gasteiger partial charge in [0.2, 0.25) is 5.89 Å². The number of carbonyl (C=O) groups is 1. The molecule has 0 saturated heterocycles. The van der Waals surface area contributed by atoms with E-state index in [0.717, 1.165) is 21.9 Å². The fourth-order valence-electron chi connectivity index (χ4n) is 2.28. The van der Waals surface area contributed by atoms with E-state index < -0.39 is 5.97 Å². The highest BCUT2D eigenvalue weighted by Gasteiger charge is 2.14. The highest BCUT2D eigenvalue weighted by molar-refractivity contribution is 7.98. The maximum absolute atomic E-state index is 12.4. The van der Waals surface area contributed by atoms with Crippen molar-refractivity contribution in [2.45, 2.75) is 31.0 Å². The van der Waals surface area contributed by atoms with E-state index in [0.29, 0.717) is 29.6 Å². The van der Waals surface area contributed by atoms with Gasteiger partial charge in [-0.3, -0.25) is 9.36 Å². The largest absolute Gasteiger partial charge is 0.460 e. The Kier molecular flexibility index (Phi) is 5.89. The van der Waals surface area contributed by atoms with Crippen molar-refractivity contribution < 1.29 is 14.1 Å². The molecule has 2 aromatic heterocycles. The summed E-state index contributed by atoms with van der Waals surface area (Å²) in [6.07, 6.45) is 0. The first kappa shape index (κ1) is 18.4. The van der Waals surface area contributed by atoms with Gasteiger partial charge in [-0.2, -0.15) is 4.98 Å². The summed E-state index contributed by atoms with van der Waals surface area (Å²) in [5.41, 5.74) is 1.34. The van der Waals surface area contributed by atoms with E-state index in [1.54, 1.807) is 29.0 Å². The first-order valence-corrected chi connectivity index (χ1v) is 9.74. The molecule has 0 aliphatic heterocycles. The van der Waals surface area contributed by atoms with Crippen LogP contribution in [0, 0.1) is 13.8 Å². The molecular weight excluding hydrogens is 374 g/mol. The second-order valence-electron chi connectivity index (χ2n) is 5.45. The summed E-state index contributed by atoms with van der Waals surface area (Å²) in [6.45, 7) is 4.09.